The van der Waals surface area contributed by atoms with Crippen molar-refractivity contribution < 1.29 is 9.53 Å². The van der Waals surface area contributed by atoms with E-state index in [0.717, 1.165) is 18.8 Å². The Hall–Kier alpha value is -0.730. The Morgan fingerprint density at radius 3 is 2.38 bits per heavy atom. The van der Waals surface area contributed by atoms with E-state index in [-0.39, 0.29) is 6.09 Å². The molecule has 0 unspecified atom stereocenters. The molecule has 0 aromatic carbocycles. The lowest BCUT2D eigenvalue weighted by molar-refractivity contribution is 0.00583. The smallest absolute Gasteiger partial charge is 0.410 e. The van der Waals surface area contributed by atoms with Gasteiger partial charge in [-0.1, -0.05) is 19.8 Å². The molecule has 0 heterocycles. The average Bonchev–Trinajstić information content (AvgIpc) is 2.06. The highest BCUT2D eigenvalue weighted by Crippen LogP contribution is 2.34. The molecular formula is C13H25NO2. The van der Waals surface area contributed by atoms with E-state index in [1.165, 1.54) is 12.8 Å². The number of carbonyl (C=O) groups is 1. The van der Waals surface area contributed by atoms with Gasteiger partial charge in [0.25, 0.3) is 0 Å². The fraction of sp³-hybridized carbons (Fsp3) is 0.923. The molecule has 0 radical (unpaired) electrons. The summed E-state index contributed by atoms with van der Waals surface area (Å²) in [5, 5.41) is 0. The summed E-state index contributed by atoms with van der Waals surface area (Å²) in [4.78, 5) is 13.5. The number of amides is 1. The highest BCUT2D eigenvalue weighted by atomic mass is 16.6. The molecule has 0 aromatic heterocycles. The molecule has 1 amide bonds. The van der Waals surface area contributed by atoms with Gasteiger partial charge in [0.1, 0.15) is 5.60 Å². The zero-order valence-electron chi connectivity index (χ0n) is 11.2. The van der Waals surface area contributed by atoms with Crippen LogP contribution in [0.15, 0.2) is 0 Å². The minimum Gasteiger partial charge on any atom is -0.444 e. The molecule has 16 heavy (non-hydrogen) atoms. The Kier molecular flexibility index (Phi) is 4.22. The van der Waals surface area contributed by atoms with Crippen LogP contribution in [0.25, 0.3) is 0 Å². The number of hydrogen-bond donors (Lipinski definition) is 0. The third-order valence-corrected chi connectivity index (χ3v) is 3.14. The highest BCUT2D eigenvalue weighted by Gasteiger charge is 2.34. The second kappa shape index (κ2) is 5.07. The SMILES string of the molecule is CCCC1CC(N(C)C(=O)OC(C)(C)C)C1. The van der Waals surface area contributed by atoms with Crippen LogP contribution in [0.2, 0.25) is 0 Å². The van der Waals surface area contributed by atoms with Crippen molar-refractivity contribution in [1.82, 2.24) is 4.90 Å². The van der Waals surface area contributed by atoms with Crippen molar-refractivity contribution in [2.24, 2.45) is 5.92 Å². The van der Waals surface area contributed by atoms with Crippen molar-refractivity contribution in [3.05, 3.63) is 0 Å². The van der Waals surface area contributed by atoms with E-state index < -0.39 is 5.60 Å². The summed E-state index contributed by atoms with van der Waals surface area (Å²) in [6, 6.07) is 0.395. The fourth-order valence-electron chi connectivity index (χ4n) is 2.14. The van der Waals surface area contributed by atoms with Crippen LogP contribution in [-0.4, -0.2) is 29.7 Å². The highest BCUT2D eigenvalue weighted by molar-refractivity contribution is 5.68. The molecule has 0 N–H and O–H groups in total. The van der Waals surface area contributed by atoms with Gasteiger partial charge in [-0.15, -0.1) is 0 Å². The van der Waals surface area contributed by atoms with Crippen LogP contribution in [0.4, 0.5) is 4.79 Å². The lowest BCUT2D eigenvalue weighted by atomic mass is 9.77. The third kappa shape index (κ3) is 3.69. The Balaban J connectivity index is 2.31. The molecule has 1 aliphatic carbocycles. The minimum atomic E-state index is -0.391. The maximum atomic E-state index is 11.8. The first-order valence-electron chi connectivity index (χ1n) is 6.29. The number of carbonyl (C=O) groups excluding carboxylic acids is 1. The van der Waals surface area contributed by atoms with Gasteiger partial charge < -0.3 is 9.64 Å². The van der Waals surface area contributed by atoms with Crippen LogP contribution < -0.4 is 0 Å². The predicted molar refractivity (Wildman–Crippen MR) is 65.4 cm³/mol. The fourth-order valence-corrected chi connectivity index (χ4v) is 2.14. The van der Waals surface area contributed by atoms with Gasteiger partial charge >= 0.3 is 6.09 Å². The van der Waals surface area contributed by atoms with Crippen molar-refractivity contribution in [3.63, 3.8) is 0 Å². The Morgan fingerprint density at radius 1 is 1.38 bits per heavy atom. The van der Waals surface area contributed by atoms with Gasteiger partial charge in [0.05, 0.1) is 0 Å². The summed E-state index contributed by atoms with van der Waals surface area (Å²) < 4.78 is 5.34. The van der Waals surface area contributed by atoms with Gasteiger partial charge in [0, 0.05) is 13.1 Å². The van der Waals surface area contributed by atoms with Gasteiger partial charge in [-0.25, -0.2) is 4.79 Å². The Morgan fingerprint density at radius 2 is 1.94 bits per heavy atom. The maximum Gasteiger partial charge on any atom is 0.410 e. The summed E-state index contributed by atoms with van der Waals surface area (Å²) in [5.74, 6) is 0.819. The van der Waals surface area contributed by atoms with Crippen LogP contribution >= 0.6 is 0 Å². The minimum absolute atomic E-state index is 0.188. The summed E-state index contributed by atoms with van der Waals surface area (Å²) >= 11 is 0. The molecule has 0 saturated heterocycles. The summed E-state index contributed by atoms with van der Waals surface area (Å²) in [7, 11) is 1.85. The lowest BCUT2D eigenvalue weighted by Gasteiger charge is -2.41. The van der Waals surface area contributed by atoms with E-state index in [2.05, 4.69) is 6.92 Å². The quantitative estimate of drug-likeness (QED) is 0.739. The van der Waals surface area contributed by atoms with E-state index in [4.69, 9.17) is 4.74 Å². The molecular weight excluding hydrogens is 202 g/mol. The van der Waals surface area contributed by atoms with Crippen molar-refractivity contribution in [3.8, 4) is 0 Å². The number of rotatable bonds is 3. The van der Waals surface area contributed by atoms with Crippen molar-refractivity contribution in [1.29, 1.82) is 0 Å². The predicted octanol–water partition coefficient (Wildman–Crippen LogP) is 3.43. The number of nitrogens with zero attached hydrogens (tertiary/aromatic N) is 1. The van der Waals surface area contributed by atoms with E-state index in [1.807, 2.05) is 27.8 Å². The molecule has 1 saturated carbocycles. The van der Waals surface area contributed by atoms with Crippen LogP contribution in [0.5, 0.6) is 0 Å². The molecule has 0 bridgehead atoms. The molecule has 0 aliphatic heterocycles. The topological polar surface area (TPSA) is 29.5 Å². The first-order valence-corrected chi connectivity index (χ1v) is 6.29. The molecule has 94 valence electrons. The normalized spacial score (nSPS) is 24.8. The van der Waals surface area contributed by atoms with E-state index in [9.17, 15) is 4.79 Å². The van der Waals surface area contributed by atoms with Crippen LogP contribution in [-0.2, 0) is 4.74 Å². The van der Waals surface area contributed by atoms with Gasteiger partial charge in [0.15, 0.2) is 0 Å². The van der Waals surface area contributed by atoms with Gasteiger partial charge in [-0.2, -0.15) is 0 Å². The van der Waals surface area contributed by atoms with Crippen LogP contribution in [0.3, 0.4) is 0 Å². The molecule has 0 spiro atoms. The lowest BCUT2D eigenvalue weighted by Crippen LogP contribution is -2.47. The monoisotopic (exact) mass is 227 g/mol. The average molecular weight is 227 g/mol. The summed E-state index contributed by atoms with van der Waals surface area (Å²) in [5.41, 5.74) is -0.391. The Bertz CT molecular complexity index is 239. The maximum absolute atomic E-state index is 11.8. The number of ether oxygens (including phenoxy) is 1. The zero-order valence-corrected chi connectivity index (χ0v) is 11.2. The standard InChI is InChI=1S/C13H25NO2/c1-6-7-10-8-11(9-10)14(5)12(15)16-13(2,3)4/h10-11H,6-9H2,1-5H3. The Labute approximate surface area is 99.1 Å². The van der Waals surface area contributed by atoms with Crippen LogP contribution in [0, 0.1) is 5.92 Å². The molecule has 1 aliphatic rings. The summed E-state index contributed by atoms with van der Waals surface area (Å²) in [6.07, 6.45) is 4.63. The second-order valence-corrected chi connectivity index (χ2v) is 5.87. The molecule has 1 fully saturated rings. The van der Waals surface area contributed by atoms with E-state index in [0.29, 0.717) is 6.04 Å². The molecule has 0 aromatic rings. The largest absolute Gasteiger partial charge is 0.444 e. The van der Waals surface area contributed by atoms with E-state index >= 15 is 0 Å². The molecule has 3 nitrogen and oxygen atoms in total. The molecule has 0 atom stereocenters. The first kappa shape index (κ1) is 13.3. The third-order valence-electron chi connectivity index (χ3n) is 3.14. The van der Waals surface area contributed by atoms with Crippen molar-refractivity contribution >= 4 is 6.09 Å². The zero-order chi connectivity index (χ0) is 12.3. The van der Waals surface area contributed by atoms with Crippen molar-refractivity contribution in [2.45, 2.75) is 65.0 Å². The molecule has 1 rings (SSSR count). The van der Waals surface area contributed by atoms with Gasteiger partial charge in [0.2, 0.25) is 0 Å². The van der Waals surface area contributed by atoms with E-state index in [1.54, 1.807) is 4.90 Å². The number of hydrogen-bond acceptors (Lipinski definition) is 2. The molecule has 3 heteroatoms. The van der Waals surface area contributed by atoms with Gasteiger partial charge in [-0.3, -0.25) is 0 Å². The second-order valence-electron chi connectivity index (χ2n) is 5.87. The van der Waals surface area contributed by atoms with Crippen LogP contribution in [0.1, 0.15) is 53.4 Å². The van der Waals surface area contributed by atoms with Crippen molar-refractivity contribution in [2.75, 3.05) is 7.05 Å². The van der Waals surface area contributed by atoms with Gasteiger partial charge in [-0.05, 0) is 39.5 Å². The first-order chi connectivity index (χ1) is 7.33. The summed E-state index contributed by atoms with van der Waals surface area (Å²) in [6.45, 7) is 7.92.